The number of para-hydroxylation sites is 1. The summed E-state index contributed by atoms with van der Waals surface area (Å²) in [7, 11) is 0. The summed E-state index contributed by atoms with van der Waals surface area (Å²) in [6.07, 6.45) is 0.850. The first-order valence-corrected chi connectivity index (χ1v) is 11.2. The third-order valence-electron chi connectivity index (χ3n) is 5.16. The van der Waals surface area contributed by atoms with Crippen molar-refractivity contribution in [1.29, 1.82) is 0 Å². The highest BCUT2D eigenvalue weighted by Gasteiger charge is 2.21. The van der Waals surface area contributed by atoms with Crippen molar-refractivity contribution in [1.82, 2.24) is 4.68 Å². The lowest BCUT2D eigenvalue weighted by molar-refractivity contribution is -0.133. The second-order valence-corrected chi connectivity index (χ2v) is 8.36. The first-order chi connectivity index (χ1) is 16.4. The van der Waals surface area contributed by atoms with Gasteiger partial charge in [-0.2, -0.15) is 0 Å². The van der Waals surface area contributed by atoms with Gasteiger partial charge < -0.3 is 10.6 Å². The van der Waals surface area contributed by atoms with E-state index in [1.54, 1.807) is 36.4 Å². The van der Waals surface area contributed by atoms with Gasteiger partial charge in [-0.25, -0.2) is 9.07 Å². The molecule has 4 aromatic rings. The molecule has 0 aliphatic rings. The van der Waals surface area contributed by atoms with E-state index in [9.17, 15) is 18.8 Å². The van der Waals surface area contributed by atoms with Crippen LogP contribution in [-0.2, 0) is 16.0 Å². The smallest absolute Gasteiger partial charge is 0.318 e. The van der Waals surface area contributed by atoms with E-state index in [1.165, 1.54) is 28.9 Å². The summed E-state index contributed by atoms with van der Waals surface area (Å²) in [6, 6.07) is 19.6. The van der Waals surface area contributed by atoms with Gasteiger partial charge in [0.2, 0.25) is 0 Å². The van der Waals surface area contributed by atoms with Crippen molar-refractivity contribution >= 4 is 55.9 Å². The van der Waals surface area contributed by atoms with Crippen LogP contribution in [-0.4, -0.2) is 22.4 Å². The number of carbonyl (C=O) groups excluding carboxylic acids is 3. The number of rotatable bonds is 5. The average molecular weight is 523 g/mol. The maximum absolute atomic E-state index is 14.0. The van der Waals surface area contributed by atoms with Crippen LogP contribution in [0.3, 0.4) is 0 Å². The third-order valence-corrected chi connectivity index (χ3v) is 5.65. The number of anilines is 2. The van der Waals surface area contributed by atoms with Gasteiger partial charge in [0.25, 0.3) is 5.91 Å². The van der Waals surface area contributed by atoms with Gasteiger partial charge in [0.15, 0.2) is 0 Å². The first-order valence-electron chi connectivity index (χ1n) is 10.4. The zero-order chi connectivity index (χ0) is 24.2. The van der Waals surface area contributed by atoms with E-state index in [4.69, 9.17) is 0 Å². The Morgan fingerprint density at radius 2 is 1.65 bits per heavy atom. The number of fused-ring (bicyclic) bond motifs is 1. The third kappa shape index (κ3) is 4.99. The van der Waals surface area contributed by atoms with Crippen molar-refractivity contribution < 1.29 is 18.8 Å². The lowest BCUT2D eigenvalue weighted by atomic mass is 10.1. The molecule has 0 unspecified atom stereocenters. The molecular weight excluding hydrogens is 503 g/mol. The van der Waals surface area contributed by atoms with Gasteiger partial charge in [-0.1, -0.05) is 47.1 Å². The highest BCUT2D eigenvalue weighted by molar-refractivity contribution is 9.10. The van der Waals surface area contributed by atoms with E-state index in [1.807, 2.05) is 19.1 Å². The van der Waals surface area contributed by atoms with E-state index >= 15 is 0 Å². The van der Waals surface area contributed by atoms with Crippen LogP contribution >= 0.6 is 15.9 Å². The van der Waals surface area contributed by atoms with Crippen molar-refractivity contribution in [2.45, 2.75) is 13.3 Å². The van der Waals surface area contributed by atoms with E-state index in [0.717, 1.165) is 16.5 Å². The molecule has 7 nitrogen and oxygen atoms in total. The number of nitrogens with zero attached hydrogens (tertiary/aromatic N) is 1. The number of halogens is 2. The topological polar surface area (TPSA) is 92.2 Å². The number of carbonyl (C=O) groups is 3. The molecule has 1 heterocycles. The summed E-state index contributed by atoms with van der Waals surface area (Å²) in [5.74, 6) is -3.13. The minimum Gasteiger partial charge on any atom is -0.318 e. The van der Waals surface area contributed by atoms with Crippen LogP contribution in [0.15, 0.2) is 77.3 Å². The minimum atomic E-state index is -0.972. The minimum absolute atomic E-state index is 0.00918. The van der Waals surface area contributed by atoms with Crippen molar-refractivity contribution in [2.75, 3.05) is 16.1 Å². The molecule has 9 heteroatoms. The molecule has 1 aromatic heterocycles. The zero-order valence-electron chi connectivity index (χ0n) is 18.1. The SMILES string of the molecule is CCc1ccc(NC(=O)C(=O)Nn2c(C(=O)Nc3ccccc3F)cc3cc(Br)ccc32)cc1. The van der Waals surface area contributed by atoms with Gasteiger partial charge in [-0.3, -0.25) is 19.8 Å². The lowest BCUT2D eigenvalue weighted by Gasteiger charge is -2.13. The lowest BCUT2D eigenvalue weighted by Crippen LogP contribution is -2.36. The van der Waals surface area contributed by atoms with Gasteiger partial charge in [-0.15, -0.1) is 0 Å². The molecule has 4 rings (SSSR count). The van der Waals surface area contributed by atoms with Crippen LogP contribution < -0.4 is 16.1 Å². The van der Waals surface area contributed by atoms with Crippen LogP contribution in [0.25, 0.3) is 10.9 Å². The number of hydrogen-bond donors (Lipinski definition) is 3. The van der Waals surface area contributed by atoms with Gasteiger partial charge in [0.1, 0.15) is 11.5 Å². The molecule has 0 atom stereocenters. The van der Waals surface area contributed by atoms with Crippen LogP contribution in [0.2, 0.25) is 0 Å². The Balaban J connectivity index is 1.61. The Kier molecular flexibility index (Phi) is 6.74. The Hall–Kier alpha value is -3.98. The van der Waals surface area contributed by atoms with Crippen LogP contribution in [0, 0.1) is 5.82 Å². The molecule has 172 valence electrons. The largest absolute Gasteiger partial charge is 0.328 e. The Morgan fingerprint density at radius 1 is 0.912 bits per heavy atom. The fourth-order valence-electron chi connectivity index (χ4n) is 3.39. The fraction of sp³-hybridized carbons (Fsp3) is 0.0800. The molecular formula is C25H20BrFN4O3. The molecule has 3 aromatic carbocycles. The van der Waals surface area contributed by atoms with Crippen molar-refractivity contribution in [3.8, 4) is 0 Å². The average Bonchev–Trinajstić information content (AvgIpc) is 3.18. The van der Waals surface area contributed by atoms with Crippen LogP contribution in [0.4, 0.5) is 15.8 Å². The van der Waals surface area contributed by atoms with Gasteiger partial charge in [-0.05, 0) is 60.5 Å². The Morgan fingerprint density at radius 3 is 2.35 bits per heavy atom. The second-order valence-electron chi connectivity index (χ2n) is 7.45. The maximum atomic E-state index is 14.0. The summed E-state index contributed by atoms with van der Waals surface area (Å²) in [5, 5.41) is 5.66. The number of hydrogen-bond acceptors (Lipinski definition) is 3. The summed E-state index contributed by atoms with van der Waals surface area (Å²) < 4.78 is 16.0. The predicted octanol–water partition coefficient (Wildman–Crippen LogP) is 5.07. The molecule has 0 bridgehead atoms. The van der Waals surface area contributed by atoms with Crippen molar-refractivity contribution in [3.05, 3.63) is 94.3 Å². The molecule has 0 radical (unpaired) electrons. The van der Waals surface area contributed by atoms with E-state index in [-0.39, 0.29) is 11.4 Å². The second kappa shape index (κ2) is 9.88. The predicted molar refractivity (Wildman–Crippen MR) is 133 cm³/mol. The monoisotopic (exact) mass is 522 g/mol. The number of amides is 3. The molecule has 0 fully saturated rings. The van der Waals surface area contributed by atoms with E-state index < -0.39 is 23.5 Å². The normalized spacial score (nSPS) is 10.7. The summed E-state index contributed by atoms with van der Waals surface area (Å²) in [4.78, 5) is 38.2. The quantitative estimate of drug-likeness (QED) is 0.319. The molecule has 0 aliphatic carbocycles. The summed E-state index contributed by atoms with van der Waals surface area (Å²) in [6.45, 7) is 2.01. The van der Waals surface area contributed by atoms with Crippen molar-refractivity contribution in [2.24, 2.45) is 0 Å². The van der Waals surface area contributed by atoms with E-state index in [2.05, 4.69) is 32.0 Å². The Bertz CT molecular complexity index is 1400. The van der Waals surface area contributed by atoms with Gasteiger partial charge in [0.05, 0.1) is 11.2 Å². The maximum Gasteiger partial charge on any atom is 0.328 e. The molecule has 0 aliphatic heterocycles. The van der Waals surface area contributed by atoms with Crippen LogP contribution in [0.5, 0.6) is 0 Å². The van der Waals surface area contributed by atoms with E-state index in [0.29, 0.717) is 16.6 Å². The highest BCUT2D eigenvalue weighted by Crippen LogP contribution is 2.24. The first kappa shape index (κ1) is 23.2. The molecule has 0 saturated heterocycles. The highest BCUT2D eigenvalue weighted by atomic mass is 79.9. The number of aromatic nitrogens is 1. The summed E-state index contributed by atoms with van der Waals surface area (Å²) in [5.41, 5.74) is 4.53. The molecule has 3 amide bonds. The fourth-order valence-corrected chi connectivity index (χ4v) is 3.77. The van der Waals surface area contributed by atoms with Crippen LogP contribution in [0.1, 0.15) is 23.0 Å². The Labute approximate surface area is 203 Å². The van der Waals surface area contributed by atoms with Crippen molar-refractivity contribution in [3.63, 3.8) is 0 Å². The molecule has 0 spiro atoms. The number of aryl methyl sites for hydroxylation is 1. The zero-order valence-corrected chi connectivity index (χ0v) is 19.6. The van der Waals surface area contributed by atoms with Gasteiger partial charge in [0, 0.05) is 15.5 Å². The molecule has 34 heavy (non-hydrogen) atoms. The van der Waals surface area contributed by atoms with Gasteiger partial charge >= 0.3 is 11.8 Å². The number of nitrogens with one attached hydrogen (secondary N) is 3. The number of benzene rings is 3. The molecule has 3 N–H and O–H groups in total. The standard InChI is InChI=1S/C25H20BrFN4O3/c1-2-15-7-10-18(11-8-15)28-24(33)25(34)30-31-21-12-9-17(26)13-16(21)14-22(31)23(32)29-20-6-4-3-5-19(20)27/h3-14H,2H2,1H3,(H,28,33)(H,29,32)(H,30,34). The molecule has 0 saturated carbocycles. The summed E-state index contributed by atoms with van der Waals surface area (Å²) >= 11 is 3.38.